The van der Waals surface area contributed by atoms with E-state index in [0.717, 1.165) is 6.07 Å². The molecule has 0 aromatic heterocycles. The highest BCUT2D eigenvalue weighted by Gasteiger charge is 2.24. The first kappa shape index (κ1) is 14.1. The van der Waals surface area contributed by atoms with Gasteiger partial charge in [0.1, 0.15) is 11.6 Å². The molecule has 96 valence electrons. The summed E-state index contributed by atoms with van der Waals surface area (Å²) in [6, 6.07) is 3.13. The molecule has 0 aliphatic carbocycles. The van der Waals surface area contributed by atoms with E-state index in [-0.39, 0.29) is 5.92 Å². The molecule has 0 heterocycles. The highest BCUT2D eigenvalue weighted by molar-refractivity contribution is 5.22. The lowest BCUT2D eigenvalue weighted by molar-refractivity contribution is 0.308. The van der Waals surface area contributed by atoms with E-state index in [1.165, 1.54) is 12.1 Å². The van der Waals surface area contributed by atoms with E-state index < -0.39 is 17.7 Å². The maximum absolute atomic E-state index is 13.6. The van der Waals surface area contributed by atoms with Crippen molar-refractivity contribution in [2.75, 3.05) is 13.6 Å². The van der Waals surface area contributed by atoms with Gasteiger partial charge in [-0.15, -0.1) is 0 Å². The van der Waals surface area contributed by atoms with Gasteiger partial charge in [0.2, 0.25) is 0 Å². The lowest BCUT2D eigenvalue weighted by atomic mass is 9.85. The van der Waals surface area contributed by atoms with Crippen molar-refractivity contribution in [2.24, 2.45) is 17.6 Å². The molecule has 3 N–H and O–H groups in total. The molecule has 0 bridgehead atoms. The fourth-order valence-corrected chi connectivity index (χ4v) is 2.02. The summed E-state index contributed by atoms with van der Waals surface area (Å²) in [7, 11) is 1.84. The van der Waals surface area contributed by atoms with E-state index in [1.54, 1.807) is 0 Å². The Morgan fingerprint density at radius 3 is 2.41 bits per heavy atom. The molecule has 2 unspecified atom stereocenters. The molecular formula is C13H20F2N2. The summed E-state index contributed by atoms with van der Waals surface area (Å²) in [6.07, 6.45) is 0. The molecule has 0 amide bonds. The minimum Gasteiger partial charge on any atom is -0.324 e. The van der Waals surface area contributed by atoms with Gasteiger partial charge in [0.25, 0.3) is 0 Å². The van der Waals surface area contributed by atoms with Gasteiger partial charge in [0.15, 0.2) is 0 Å². The average Bonchev–Trinajstić information content (AvgIpc) is 2.24. The second kappa shape index (κ2) is 6.07. The Kier molecular flexibility index (Phi) is 5.02. The van der Waals surface area contributed by atoms with Crippen molar-refractivity contribution < 1.29 is 8.78 Å². The van der Waals surface area contributed by atoms with Gasteiger partial charge in [-0.1, -0.05) is 19.9 Å². The van der Waals surface area contributed by atoms with Gasteiger partial charge in [0, 0.05) is 17.7 Å². The first-order chi connectivity index (χ1) is 7.97. The maximum Gasteiger partial charge on any atom is 0.130 e. The molecule has 0 aliphatic rings. The summed E-state index contributed by atoms with van der Waals surface area (Å²) < 4.78 is 26.4. The van der Waals surface area contributed by atoms with E-state index in [2.05, 4.69) is 5.32 Å². The Bertz CT molecular complexity index is 366. The van der Waals surface area contributed by atoms with Crippen molar-refractivity contribution in [1.29, 1.82) is 0 Å². The third kappa shape index (κ3) is 3.48. The van der Waals surface area contributed by atoms with Crippen LogP contribution in [0.5, 0.6) is 0 Å². The van der Waals surface area contributed by atoms with Gasteiger partial charge in [0.05, 0.1) is 0 Å². The molecule has 1 rings (SSSR count). The van der Waals surface area contributed by atoms with Crippen molar-refractivity contribution in [1.82, 2.24) is 5.32 Å². The lowest BCUT2D eigenvalue weighted by Gasteiger charge is -2.27. The van der Waals surface area contributed by atoms with Crippen LogP contribution in [0.3, 0.4) is 0 Å². The number of nitrogens with two attached hydrogens (primary N) is 1. The molecule has 0 saturated heterocycles. The van der Waals surface area contributed by atoms with Crippen molar-refractivity contribution in [3.05, 3.63) is 35.4 Å². The zero-order chi connectivity index (χ0) is 13.0. The highest BCUT2D eigenvalue weighted by Crippen LogP contribution is 2.27. The van der Waals surface area contributed by atoms with Gasteiger partial charge in [-0.2, -0.15) is 0 Å². The Labute approximate surface area is 101 Å². The first-order valence-corrected chi connectivity index (χ1v) is 5.82. The second-order valence-corrected chi connectivity index (χ2v) is 4.66. The van der Waals surface area contributed by atoms with Crippen LogP contribution in [-0.2, 0) is 0 Å². The summed E-state index contributed by atoms with van der Waals surface area (Å²) in [4.78, 5) is 0. The van der Waals surface area contributed by atoms with Crippen LogP contribution in [0.4, 0.5) is 8.78 Å². The Morgan fingerprint density at radius 1 is 1.29 bits per heavy atom. The number of halogens is 2. The molecule has 0 aliphatic heterocycles. The largest absolute Gasteiger partial charge is 0.324 e. The standard InChI is InChI=1S/C13H20F2N2/c1-8(2)11(7-17-3)13(16)10-5-4-9(14)6-12(10)15/h4-6,8,11,13,17H,7,16H2,1-3H3. The van der Waals surface area contributed by atoms with Crippen LogP contribution in [-0.4, -0.2) is 13.6 Å². The molecule has 2 nitrogen and oxygen atoms in total. The van der Waals surface area contributed by atoms with E-state index >= 15 is 0 Å². The Hall–Kier alpha value is -1.00. The number of benzene rings is 1. The van der Waals surface area contributed by atoms with Gasteiger partial charge in [-0.3, -0.25) is 0 Å². The molecule has 0 saturated carbocycles. The van der Waals surface area contributed by atoms with Crippen molar-refractivity contribution in [3.8, 4) is 0 Å². The molecule has 2 atom stereocenters. The molecule has 17 heavy (non-hydrogen) atoms. The summed E-state index contributed by atoms with van der Waals surface area (Å²) in [5.41, 5.74) is 6.45. The second-order valence-electron chi connectivity index (χ2n) is 4.66. The van der Waals surface area contributed by atoms with Gasteiger partial charge < -0.3 is 11.1 Å². The molecular weight excluding hydrogens is 222 g/mol. The van der Waals surface area contributed by atoms with Crippen LogP contribution in [0.1, 0.15) is 25.5 Å². The van der Waals surface area contributed by atoms with E-state index in [0.29, 0.717) is 18.0 Å². The molecule has 0 fully saturated rings. The van der Waals surface area contributed by atoms with Gasteiger partial charge in [-0.25, -0.2) is 8.78 Å². The minimum absolute atomic E-state index is 0.111. The third-order valence-corrected chi connectivity index (χ3v) is 3.08. The zero-order valence-corrected chi connectivity index (χ0v) is 10.5. The zero-order valence-electron chi connectivity index (χ0n) is 10.5. The fourth-order valence-electron chi connectivity index (χ4n) is 2.02. The van der Waals surface area contributed by atoms with E-state index in [9.17, 15) is 8.78 Å². The number of hydrogen-bond acceptors (Lipinski definition) is 2. The number of rotatable bonds is 5. The average molecular weight is 242 g/mol. The predicted octanol–water partition coefficient (Wildman–Crippen LogP) is 2.46. The van der Waals surface area contributed by atoms with E-state index in [1.807, 2.05) is 20.9 Å². The Morgan fingerprint density at radius 2 is 1.94 bits per heavy atom. The number of nitrogens with one attached hydrogen (secondary N) is 1. The fraction of sp³-hybridized carbons (Fsp3) is 0.538. The minimum atomic E-state index is -0.576. The summed E-state index contributed by atoms with van der Waals surface area (Å²) in [6.45, 7) is 4.79. The van der Waals surface area contributed by atoms with Crippen LogP contribution >= 0.6 is 0 Å². The number of hydrogen-bond donors (Lipinski definition) is 2. The van der Waals surface area contributed by atoms with Crippen LogP contribution in [0.2, 0.25) is 0 Å². The molecule has 4 heteroatoms. The van der Waals surface area contributed by atoms with Crippen LogP contribution in [0.15, 0.2) is 18.2 Å². The van der Waals surface area contributed by atoms with E-state index in [4.69, 9.17) is 5.73 Å². The van der Waals surface area contributed by atoms with Crippen molar-refractivity contribution in [3.63, 3.8) is 0 Å². The van der Waals surface area contributed by atoms with Gasteiger partial charge in [-0.05, 0) is 31.5 Å². The monoisotopic (exact) mass is 242 g/mol. The van der Waals surface area contributed by atoms with Crippen LogP contribution < -0.4 is 11.1 Å². The first-order valence-electron chi connectivity index (χ1n) is 5.82. The molecule has 0 radical (unpaired) electrons. The normalized spacial score (nSPS) is 15.0. The highest BCUT2D eigenvalue weighted by atomic mass is 19.1. The SMILES string of the molecule is CNCC(C(C)C)C(N)c1ccc(F)cc1F. The smallest absolute Gasteiger partial charge is 0.130 e. The maximum atomic E-state index is 13.6. The topological polar surface area (TPSA) is 38.0 Å². The molecule has 1 aromatic carbocycles. The third-order valence-electron chi connectivity index (χ3n) is 3.08. The summed E-state index contributed by atoms with van der Waals surface area (Å²) in [5.74, 6) is -0.714. The summed E-state index contributed by atoms with van der Waals surface area (Å²) in [5, 5.41) is 3.05. The Balaban J connectivity index is 2.96. The van der Waals surface area contributed by atoms with Gasteiger partial charge >= 0.3 is 0 Å². The van der Waals surface area contributed by atoms with Crippen LogP contribution in [0.25, 0.3) is 0 Å². The summed E-state index contributed by atoms with van der Waals surface area (Å²) >= 11 is 0. The quantitative estimate of drug-likeness (QED) is 0.832. The van der Waals surface area contributed by atoms with Crippen molar-refractivity contribution in [2.45, 2.75) is 19.9 Å². The van der Waals surface area contributed by atoms with Crippen molar-refractivity contribution >= 4 is 0 Å². The molecule has 0 spiro atoms. The van der Waals surface area contributed by atoms with Crippen LogP contribution in [0, 0.1) is 23.5 Å². The lowest BCUT2D eigenvalue weighted by Crippen LogP contribution is -2.33. The predicted molar refractivity (Wildman–Crippen MR) is 65.5 cm³/mol. The molecule has 1 aromatic rings.